The van der Waals surface area contributed by atoms with Crippen LogP contribution in [0, 0.1) is 5.92 Å². The summed E-state index contributed by atoms with van der Waals surface area (Å²) in [6, 6.07) is 11.2. The van der Waals surface area contributed by atoms with E-state index in [1.54, 1.807) is 18.2 Å². The van der Waals surface area contributed by atoms with Gasteiger partial charge in [-0.15, -0.1) is 0 Å². The number of piperidine rings is 1. The van der Waals surface area contributed by atoms with Gasteiger partial charge in [0.05, 0.1) is 16.1 Å². The van der Waals surface area contributed by atoms with E-state index in [4.69, 9.17) is 0 Å². The number of halogens is 4. The Kier molecular flexibility index (Phi) is 6.35. The Labute approximate surface area is 175 Å². The van der Waals surface area contributed by atoms with E-state index in [1.165, 1.54) is 6.07 Å². The van der Waals surface area contributed by atoms with Crippen LogP contribution in [-0.2, 0) is 21.0 Å². The van der Waals surface area contributed by atoms with Crippen molar-refractivity contribution in [1.82, 2.24) is 4.31 Å². The first-order valence-corrected chi connectivity index (χ1v) is 11.1. The minimum atomic E-state index is -4.77. The number of carbonyl (C=O) groups is 1. The normalized spacial score (nSPS) is 16.6. The van der Waals surface area contributed by atoms with E-state index in [1.807, 2.05) is 6.07 Å². The molecule has 0 atom stereocenters. The fraction of sp³-hybridized carbons (Fsp3) is 0.316. The highest BCUT2D eigenvalue weighted by Gasteiger charge is 2.40. The molecule has 1 fully saturated rings. The smallest absolute Gasteiger partial charge is 0.325 e. The minimum absolute atomic E-state index is 0.0252. The Bertz CT molecular complexity index is 1000. The molecule has 29 heavy (non-hydrogen) atoms. The van der Waals surface area contributed by atoms with E-state index in [2.05, 4.69) is 21.2 Å². The van der Waals surface area contributed by atoms with Crippen molar-refractivity contribution < 1.29 is 26.4 Å². The second-order valence-electron chi connectivity index (χ2n) is 6.64. The number of carbonyl (C=O) groups excluding carboxylic acids is 1. The van der Waals surface area contributed by atoms with Crippen molar-refractivity contribution >= 4 is 37.5 Å². The topological polar surface area (TPSA) is 66.5 Å². The summed E-state index contributed by atoms with van der Waals surface area (Å²) in [6.07, 6.45) is -4.32. The van der Waals surface area contributed by atoms with Gasteiger partial charge in [-0.2, -0.15) is 17.5 Å². The van der Waals surface area contributed by atoms with Crippen LogP contribution >= 0.6 is 15.9 Å². The average Bonchev–Trinajstić information content (AvgIpc) is 2.69. The summed E-state index contributed by atoms with van der Waals surface area (Å²) in [7, 11) is -4.32. The zero-order valence-corrected chi connectivity index (χ0v) is 17.5. The molecule has 1 N–H and O–H groups in total. The Morgan fingerprint density at radius 2 is 1.62 bits per heavy atom. The van der Waals surface area contributed by atoms with Gasteiger partial charge in [-0.3, -0.25) is 4.79 Å². The molecule has 0 aliphatic carbocycles. The Morgan fingerprint density at radius 1 is 1.03 bits per heavy atom. The van der Waals surface area contributed by atoms with Crippen LogP contribution in [0.2, 0.25) is 0 Å². The number of amides is 1. The zero-order valence-electron chi connectivity index (χ0n) is 15.1. The summed E-state index contributed by atoms with van der Waals surface area (Å²) in [6.45, 7) is -0.0505. The monoisotopic (exact) mass is 490 g/mol. The van der Waals surface area contributed by atoms with Gasteiger partial charge in [0.2, 0.25) is 15.9 Å². The van der Waals surface area contributed by atoms with Crippen molar-refractivity contribution in [3.8, 4) is 0 Å². The molecule has 0 saturated carbocycles. The quantitative estimate of drug-likeness (QED) is 0.685. The maximum atomic E-state index is 13.2. The van der Waals surface area contributed by atoms with Gasteiger partial charge in [-0.1, -0.05) is 24.3 Å². The first kappa shape index (κ1) is 21.8. The lowest BCUT2D eigenvalue weighted by Crippen LogP contribution is -2.41. The largest absolute Gasteiger partial charge is 0.417 e. The van der Waals surface area contributed by atoms with E-state index in [0.717, 1.165) is 27.0 Å². The van der Waals surface area contributed by atoms with Crippen LogP contribution in [0.4, 0.5) is 18.9 Å². The van der Waals surface area contributed by atoms with Gasteiger partial charge in [0.25, 0.3) is 0 Å². The number of anilines is 1. The van der Waals surface area contributed by atoms with Crippen LogP contribution in [0.3, 0.4) is 0 Å². The molecular weight excluding hydrogens is 473 g/mol. The van der Waals surface area contributed by atoms with Crippen LogP contribution < -0.4 is 5.32 Å². The minimum Gasteiger partial charge on any atom is -0.325 e. The number of alkyl halides is 3. The highest BCUT2D eigenvalue weighted by Crippen LogP contribution is 2.36. The summed E-state index contributed by atoms with van der Waals surface area (Å²) in [4.78, 5) is 11.7. The predicted octanol–water partition coefficient (Wildman–Crippen LogP) is 4.51. The highest BCUT2D eigenvalue weighted by atomic mass is 79.9. The lowest BCUT2D eigenvalue weighted by Gasteiger charge is -2.31. The molecule has 1 saturated heterocycles. The number of rotatable bonds is 4. The van der Waals surface area contributed by atoms with Gasteiger partial charge in [0.1, 0.15) is 0 Å². The fourth-order valence-corrected chi connectivity index (χ4v) is 5.29. The molecule has 1 heterocycles. The zero-order chi connectivity index (χ0) is 21.2. The first-order chi connectivity index (χ1) is 13.6. The van der Waals surface area contributed by atoms with Crippen molar-refractivity contribution in [3.05, 3.63) is 58.6 Å². The molecular formula is C19H18BrF3N2O3S. The van der Waals surface area contributed by atoms with Crippen LogP contribution in [0.5, 0.6) is 0 Å². The molecule has 1 aliphatic rings. The number of sulfonamides is 1. The molecule has 2 aromatic carbocycles. The summed E-state index contributed by atoms with van der Waals surface area (Å²) in [5.74, 6) is -0.670. The Morgan fingerprint density at radius 3 is 2.24 bits per heavy atom. The Hall–Kier alpha value is -1.91. The van der Waals surface area contributed by atoms with Gasteiger partial charge in [-0.05, 0) is 53.0 Å². The lowest BCUT2D eigenvalue weighted by molar-refractivity contribution is -0.139. The summed E-state index contributed by atoms with van der Waals surface area (Å²) < 4.78 is 66.9. The predicted molar refractivity (Wildman–Crippen MR) is 106 cm³/mol. The molecule has 0 spiro atoms. The van der Waals surface area contributed by atoms with Gasteiger partial charge in [0.15, 0.2) is 0 Å². The van der Waals surface area contributed by atoms with Gasteiger partial charge < -0.3 is 5.32 Å². The summed E-state index contributed by atoms with van der Waals surface area (Å²) >= 11 is 3.34. The van der Waals surface area contributed by atoms with Crippen molar-refractivity contribution in [2.75, 3.05) is 18.4 Å². The van der Waals surface area contributed by atoms with Crippen LogP contribution in [-0.4, -0.2) is 31.7 Å². The molecule has 2 aromatic rings. The van der Waals surface area contributed by atoms with Crippen molar-refractivity contribution in [2.45, 2.75) is 23.9 Å². The van der Waals surface area contributed by atoms with Crippen LogP contribution in [0.25, 0.3) is 0 Å². The average molecular weight is 491 g/mol. The summed E-state index contributed by atoms with van der Waals surface area (Å²) in [5, 5.41) is 2.79. The number of hydrogen-bond donors (Lipinski definition) is 1. The van der Waals surface area contributed by atoms with E-state index >= 15 is 0 Å². The molecule has 3 rings (SSSR count). The van der Waals surface area contributed by atoms with Gasteiger partial charge in [-0.25, -0.2) is 8.42 Å². The fourth-order valence-electron chi connectivity index (χ4n) is 3.22. The van der Waals surface area contributed by atoms with E-state index in [0.29, 0.717) is 5.69 Å². The number of nitrogens with zero attached hydrogens (tertiary/aromatic N) is 1. The second kappa shape index (κ2) is 8.45. The highest BCUT2D eigenvalue weighted by molar-refractivity contribution is 9.10. The first-order valence-electron chi connectivity index (χ1n) is 8.82. The molecule has 5 nitrogen and oxygen atoms in total. The maximum absolute atomic E-state index is 13.2. The third kappa shape index (κ3) is 4.81. The third-order valence-corrected chi connectivity index (χ3v) is 7.42. The SMILES string of the molecule is O=C(Nc1ccccc1Br)C1CCN(S(=O)(=O)c2ccccc2C(F)(F)F)CC1. The van der Waals surface area contributed by atoms with Crippen LogP contribution in [0.1, 0.15) is 18.4 Å². The molecule has 156 valence electrons. The van der Waals surface area contributed by atoms with Gasteiger partial charge in [0, 0.05) is 23.5 Å². The van der Waals surface area contributed by atoms with Crippen molar-refractivity contribution in [3.63, 3.8) is 0 Å². The van der Waals surface area contributed by atoms with E-state index in [9.17, 15) is 26.4 Å². The van der Waals surface area contributed by atoms with Crippen molar-refractivity contribution in [2.24, 2.45) is 5.92 Å². The number of nitrogens with one attached hydrogen (secondary N) is 1. The lowest BCUT2D eigenvalue weighted by atomic mass is 9.97. The second-order valence-corrected chi connectivity index (χ2v) is 9.40. The van der Waals surface area contributed by atoms with Crippen molar-refractivity contribution in [1.29, 1.82) is 0 Å². The van der Waals surface area contributed by atoms with Crippen LogP contribution in [0.15, 0.2) is 57.9 Å². The molecule has 0 unspecified atom stereocenters. The van der Waals surface area contributed by atoms with E-state index < -0.39 is 32.6 Å². The van der Waals surface area contributed by atoms with E-state index in [-0.39, 0.29) is 31.8 Å². The Balaban J connectivity index is 1.71. The molecule has 1 amide bonds. The maximum Gasteiger partial charge on any atom is 0.417 e. The third-order valence-electron chi connectivity index (χ3n) is 4.77. The molecule has 1 aliphatic heterocycles. The van der Waals surface area contributed by atoms with Gasteiger partial charge >= 0.3 is 6.18 Å². The molecule has 0 bridgehead atoms. The molecule has 0 aromatic heterocycles. The standard InChI is InChI=1S/C19H18BrF3N2O3S/c20-15-6-2-3-7-16(15)24-18(26)13-9-11-25(12-10-13)29(27,28)17-8-4-1-5-14(17)19(21,22)23/h1-8,13H,9-12H2,(H,24,26). The molecule has 10 heteroatoms. The molecule has 0 radical (unpaired) electrons. The number of hydrogen-bond acceptors (Lipinski definition) is 3. The number of benzene rings is 2. The summed E-state index contributed by atoms with van der Waals surface area (Å²) in [5.41, 5.74) is -0.583. The number of para-hydroxylation sites is 1.